The van der Waals surface area contributed by atoms with Crippen LogP contribution in [-0.4, -0.2) is 37.2 Å². The molecule has 0 aromatic heterocycles. The molecule has 0 saturated carbocycles. The van der Waals surface area contributed by atoms with E-state index in [4.69, 9.17) is 14.2 Å². The van der Waals surface area contributed by atoms with E-state index in [1.807, 2.05) is 0 Å². The Morgan fingerprint density at radius 2 is 0.474 bits per heavy atom. The minimum Gasteiger partial charge on any atom is -0.462 e. The summed E-state index contributed by atoms with van der Waals surface area (Å²) in [6.07, 6.45) is 81.3. The summed E-state index contributed by atoms with van der Waals surface area (Å²) in [7, 11) is 0. The lowest BCUT2D eigenvalue weighted by Crippen LogP contribution is -2.30. The van der Waals surface area contributed by atoms with Gasteiger partial charge >= 0.3 is 17.9 Å². The van der Waals surface area contributed by atoms with Crippen molar-refractivity contribution in [2.75, 3.05) is 13.2 Å². The van der Waals surface area contributed by atoms with Gasteiger partial charge in [-0.05, 0) is 83.5 Å². The molecule has 1 atom stereocenters. The van der Waals surface area contributed by atoms with Crippen LogP contribution in [0.25, 0.3) is 0 Å². The molecule has 0 amide bonds. The topological polar surface area (TPSA) is 78.9 Å². The van der Waals surface area contributed by atoms with Crippen LogP contribution in [0.2, 0.25) is 0 Å². The molecular formula is C70H128O6. The fraction of sp³-hybridized carbons (Fsp3) is 0.843. The summed E-state index contributed by atoms with van der Waals surface area (Å²) in [4.78, 5) is 38.3. The standard InChI is InChI=1S/C70H128O6/c1-4-7-10-13-16-19-22-25-28-30-32-33-34-35-36-37-39-40-42-45-48-51-54-57-60-63-69(72)75-66-67(65-74-68(71)62-59-56-53-50-47-44-27-24-21-18-15-12-9-6-3)76-70(73)64-61-58-55-52-49-46-43-41-38-31-29-26-23-20-17-14-11-8-5-2/h17,20,24,26-27,29,38,41,67H,4-16,18-19,21-23,25,28,30-37,39-40,42-66H2,1-3H3/b20-17-,27-24-,29-26-,41-38-. The molecule has 0 spiro atoms. The molecule has 1 unspecified atom stereocenters. The van der Waals surface area contributed by atoms with Crippen LogP contribution < -0.4 is 0 Å². The first-order valence-corrected chi connectivity index (χ1v) is 33.6. The van der Waals surface area contributed by atoms with E-state index in [1.165, 1.54) is 231 Å². The third kappa shape index (κ3) is 62.2. The lowest BCUT2D eigenvalue weighted by molar-refractivity contribution is -0.167. The third-order valence-electron chi connectivity index (χ3n) is 15.1. The van der Waals surface area contributed by atoms with E-state index in [9.17, 15) is 14.4 Å². The Balaban J connectivity index is 4.28. The summed E-state index contributed by atoms with van der Waals surface area (Å²) in [5, 5.41) is 0. The summed E-state index contributed by atoms with van der Waals surface area (Å²) < 4.78 is 16.9. The Morgan fingerprint density at radius 3 is 0.776 bits per heavy atom. The first-order chi connectivity index (χ1) is 37.5. The van der Waals surface area contributed by atoms with Gasteiger partial charge in [-0.2, -0.15) is 0 Å². The zero-order valence-electron chi connectivity index (χ0n) is 51.0. The molecule has 0 aromatic rings. The van der Waals surface area contributed by atoms with Crippen molar-refractivity contribution in [3.05, 3.63) is 48.6 Å². The average Bonchev–Trinajstić information content (AvgIpc) is 3.42. The molecule has 6 heteroatoms. The normalized spacial score (nSPS) is 12.3. The molecule has 0 N–H and O–H groups in total. The SMILES string of the molecule is CCCCC/C=C\C/C=C\C/C=C\CCCCCCCCC(=O)OC(COC(=O)CCCCCCC/C=C\CCCCCCC)COC(=O)CCCCCCCCCCCCCCCCCCCCCCCCCCC. The van der Waals surface area contributed by atoms with Gasteiger partial charge in [0.1, 0.15) is 13.2 Å². The van der Waals surface area contributed by atoms with Crippen LogP contribution in [0.5, 0.6) is 0 Å². The highest BCUT2D eigenvalue weighted by Crippen LogP contribution is 2.18. The van der Waals surface area contributed by atoms with Crippen LogP contribution in [0, 0.1) is 0 Å². The van der Waals surface area contributed by atoms with Crippen molar-refractivity contribution >= 4 is 17.9 Å². The van der Waals surface area contributed by atoms with Crippen LogP contribution in [0.15, 0.2) is 48.6 Å². The van der Waals surface area contributed by atoms with Crippen LogP contribution >= 0.6 is 0 Å². The van der Waals surface area contributed by atoms with E-state index in [0.29, 0.717) is 19.3 Å². The first-order valence-electron chi connectivity index (χ1n) is 33.6. The fourth-order valence-electron chi connectivity index (χ4n) is 9.98. The van der Waals surface area contributed by atoms with Crippen molar-refractivity contribution in [1.82, 2.24) is 0 Å². The van der Waals surface area contributed by atoms with Gasteiger partial charge in [0, 0.05) is 19.3 Å². The Bertz CT molecular complexity index is 1310. The average molecular weight is 1070 g/mol. The minimum absolute atomic E-state index is 0.0775. The molecule has 0 aliphatic carbocycles. The molecule has 0 fully saturated rings. The van der Waals surface area contributed by atoms with Gasteiger partial charge in [0.25, 0.3) is 0 Å². The Labute approximate surface area is 473 Å². The van der Waals surface area contributed by atoms with Crippen molar-refractivity contribution < 1.29 is 28.6 Å². The molecule has 0 saturated heterocycles. The Hall–Kier alpha value is -2.63. The molecule has 0 aromatic carbocycles. The number of unbranched alkanes of at least 4 members (excludes halogenated alkanes) is 43. The molecular weight excluding hydrogens is 937 g/mol. The van der Waals surface area contributed by atoms with Gasteiger partial charge in [-0.1, -0.05) is 307 Å². The Kier molecular flexibility index (Phi) is 62.6. The molecule has 76 heavy (non-hydrogen) atoms. The number of ether oxygens (including phenoxy) is 3. The monoisotopic (exact) mass is 1060 g/mol. The first kappa shape index (κ1) is 73.4. The van der Waals surface area contributed by atoms with Crippen LogP contribution in [0.4, 0.5) is 0 Å². The maximum absolute atomic E-state index is 12.9. The predicted octanol–water partition coefficient (Wildman–Crippen LogP) is 22.9. The number of hydrogen-bond donors (Lipinski definition) is 0. The van der Waals surface area contributed by atoms with Gasteiger partial charge in [-0.25, -0.2) is 0 Å². The second-order valence-electron chi connectivity index (χ2n) is 22.7. The molecule has 0 aliphatic heterocycles. The van der Waals surface area contributed by atoms with Gasteiger partial charge in [-0.3, -0.25) is 14.4 Å². The van der Waals surface area contributed by atoms with Crippen molar-refractivity contribution in [2.45, 2.75) is 367 Å². The van der Waals surface area contributed by atoms with E-state index in [0.717, 1.165) is 89.9 Å². The van der Waals surface area contributed by atoms with Crippen molar-refractivity contribution in [1.29, 1.82) is 0 Å². The minimum atomic E-state index is -0.783. The van der Waals surface area contributed by atoms with Gasteiger partial charge in [-0.15, -0.1) is 0 Å². The number of allylic oxidation sites excluding steroid dienone is 8. The van der Waals surface area contributed by atoms with Gasteiger partial charge in [0.2, 0.25) is 0 Å². The van der Waals surface area contributed by atoms with Crippen molar-refractivity contribution in [3.63, 3.8) is 0 Å². The summed E-state index contributed by atoms with van der Waals surface area (Å²) in [6.45, 7) is 6.64. The van der Waals surface area contributed by atoms with Crippen molar-refractivity contribution in [3.8, 4) is 0 Å². The summed E-state index contributed by atoms with van der Waals surface area (Å²) >= 11 is 0. The lowest BCUT2D eigenvalue weighted by Gasteiger charge is -2.18. The van der Waals surface area contributed by atoms with Gasteiger partial charge in [0.05, 0.1) is 0 Å². The molecule has 0 aliphatic rings. The van der Waals surface area contributed by atoms with E-state index in [2.05, 4.69) is 69.4 Å². The van der Waals surface area contributed by atoms with E-state index < -0.39 is 6.10 Å². The van der Waals surface area contributed by atoms with Crippen molar-refractivity contribution in [2.24, 2.45) is 0 Å². The van der Waals surface area contributed by atoms with Gasteiger partial charge < -0.3 is 14.2 Å². The molecule has 0 rings (SSSR count). The van der Waals surface area contributed by atoms with Crippen LogP contribution in [0.3, 0.4) is 0 Å². The summed E-state index contributed by atoms with van der Waals surface area (Å²) in [5.41, 5.74) is 0. The summed E-state index contributed by atoms with van der Waals surface area (Å²) in [6, 6.07) is 0. The maximum Gasteiger partial charge on any atom is 0.306 e. The summed E-state index contributed by atoms with van der Waals surface area (Å²) in [5.74, 6) is -0.877. The number of carbonyl (C=O) groups is 3. The Morgan fingerprint density at radius 1 is 0.263 bits per heavy atom. The molecule has 0 heterocycles. The number of carbonyl (C=O) groups excluding carboxylic acids is 3. The highest BCUT2D eigenvalue weighted by atomic mass is 16.6. The molecule has 444 valence electrons. The quantitative estimate of drug-likeness (QED) is 0.0261. The lowest BCUT2D eigenvalue weighted by atomic mass is 10.0. The molecule has 0 bridgehead atoms. The second kappa shape index (κ2) is 64.9. The molecule has 0 radical (unpaired) electrons. The van der Waals surface area contributed by atoms with Crippen LogP contribution in [0.1, 0.15) is 361 Å². The second-order valence-corrected chi connectivity index (χ2v) is 22.7. The highest BCUT2D eigenvalue weighted by molar-refractivity contribution is 5.71. The molecule has 6 nitrogen and oxygen atoms in total. The largest absolute Gasteiger partial charge is 0.462 e. The zero-order valence-corrected chi connectivity index (χ0v) is 51.0. The highest BCUT2D eigenvalue weighted by Gasteiger charge is 2.19. The van der Waals surface area contributed by atoms with E-state index in [-0.39, 0.29) is 31.1 Å². The predicted molar refractivity (Wildman–Crippen MR) is 330 cm³/mol. The number of esters is 3. The number of hydrogen-bond acceptors (Lipinski definition) is 6. The van der Waals surface area contributed by atoms with Gasteiger partial charge in [0.15, 0.2) is 6.10 Å². The third-order valence-corrected chi connectivity index (χ3v) is 15.1. The fourth-order valence-corrected chi connectivity index (χ4v) is 9.98. The zero-order chi connectivity index (χ0) is 55.0. The number of rotatable bonds is 62. The maximum atomic E-state index is 12.9. The smallest absolute Gasteiger partial charge is 0.306 e. The van der Waals surface area contributed by atoms with Crippen LogP contribution in [-0.2, 0) is 28.6 Å². The van der Waals surface area contributed by atoms with E-state index >= 15 is 0 Å². The van der Waals surface area contributed by atoms with E-state index in [1.54, 1.807) is 0 Å².